The molecule has 2 rings (SSSR count). The molecule has 0 aliphatic rings. The summed E-state index contributed by atoms with van der Waals surface area (Å²) in [6, 6.07) is 16.6. The Balaban J connectivity index is 2.14. The van der Waals surface area contributed by atoms with Crippen molar-refractivity contribution in [3.63, 3.8) is 0 Å². The predicted molar refractivity (Wildman–Crippen MR) is 74.1 cm³/mol. The first-order chi connectivity index (χ1) is 8.55. The number of hydrogen-bond donors (Lipinski definition) is 0. The SMILES string of the molecule is C[N+](C)([O-])c1ccc(N=Nc2ccccc2)cc1. The lowest BCUT2D eigenvalue weighted by Crippen LogP contribution is -2.32. The summed E-state index contributed by atoms with van der Waals surface area (Å²) in [7, 11) is 3.17. The number of quaternary nitrogens is 1. The quantitative estimate of drug-likeness (QED) is 0.452. The Labute approximate surface area is 106 Å². The second kappa shape index (κ2) is 5.08. The van der Waals surface area contributed by atoms with E-state index in [1.54, 1.807) is 38.4 Å². The molecular formula is C14H15N3O. The minimum absolute atomic E-state index is 0.448. The molecule has 0 aliphatic carbocycles. The van der Waals surface area contributed by atoms with Crippen LogP contribution in [0.5, 0.6) is 0 Å². The third kappa shape index (κ3) is 3.23. The van der Waals surface area contributed by atoms with E-state index < -0.39 is 4.65 Å². The molecule has 0 N–H and O–H groups in total. The summed E-state index contributed by atoms with van der Waals surface area (Å²) in [5, 5.41) is 19.9. The van der Waals surface area contributed by atoms with Gasteiger partial charge in [0, 0.05) is 12.1 Å². The molecule has 0 saturated heterocycles. The van der Waals surface area contributed by atoms with E-state index in [0.29, 0.717) is 5.69 Å². The second-order valence-corrected chi connectivity index (χ2v) is 4.40. The summed E-state index contributed by atoms with van der Waals surface area (Å²) in [6.07, 6.45) is 0. The number of azo groups is 1. The van der Waals surface area contributed by atoms with Crippen LogP contribution in [-0.2, 0) is 0 Å². The first-order valence-corrected chi connectivity index (χ1v) is 5.68. The standard InChI is InChI=1S/C14H15N3O/c1-17(2,18)14-10-8-13(9-11-14)16-15-12-6-4-3-5-7-12/h3-11H,1-2H3. The molecule has 0 radical (unpaired) electrons. The molecular weight excluding hydrogens is 226 g/mol. The normalized spacial score (nSPS) is 11.9. The minimum Gasteiger partial charge on any atom is -0.628 e. The maximum absolute atomic E-state index is 11.7. The van der Waals surface area contributed by atoms with Gasteiger partial charge in [-0.05, 0) is 24.3 Å². The highest BCUT2D eigenvalue weighted by molar-refractivity contribution is 5.50. The molecule has 4 nitrogen and oxygen atoms in total. The van der Waals surface area contributed by atoms with Crippen molar-refractivity contribution in [1.82, 2.24) is 4.65 Å². The Kier molecular flexibility index (Phi) is 3.50. The highest BCUT2D eigenvalue weighted by atomic mass is 16.5. The number of nitrogens with zero attached hydrogens (tertiary/aromatic N) is 3. The summed E-state index contributed by atoms with van der Waals surface area (Å²) >= 11 is 0. The average molecular weight is 241 g/mol. The Morgan fingerprint density at radius 1 is 0.778 bits per heavy atom. The van der Waals surface area contributed by atoms with Crippen molar-refractivity contribution in [3.8, 4) is 0 Å². The molecule has 0 heterocycles. The van der Waals surface area contributed by atoms with Crippen molar-refractivity contribution in [1.29, 1.82) is 0 Å². The average Bonchev–Trinajstić information content (AvgIpc) is 2.37. The van der Waals surface area contributed by atoms with Crippen LogP contribution in [0.3, 0.4) is 0 Å². The molecule has 0 fully saturated rings. The van der Waals surface area contributed by atoms with Crippen molar-refractivity contribution < 1.29 is 0 Å². The van der Waals surface area contributed by atoms with Gasteiger partial charge in [0.05, 0.1) is 25.5 Å². The first kappa shape index (κ1) is 12.4. The molecule has 0 saturated carbocycles. The van der Waals surface area contributed by atoms with Crippen molar-refractivity contribution >= 4 is 17.1 Å². The third-order valence-electron chi connectivity index (χ3n) is 2.51. The van der Waals surface area contributed by atoms with Gasteiger partial charge in [-0.1, -0.05) is 18.2 Å². The molecule has 92 valence electrons. The van der Waals surface area contributed by atoms with Gasteiger partial charge >= 0.3 is 0 Å². The van der Waals surface area contributed by atoms with Gasteiger partial charge in [0.25, 0.3) is 0 Å². The topological polar surface area (TPSA) is 47.8 Å². The van der Waals surface area contributed by atoms with Crippen molar-refractivity contribution in [2.24, 2.45) is 10.2 Å². The number of rotatable bonds is 3. The maximum atomic E-state index is 11.7. The van der Waals surface area contributed by atoms with E-state index in [1.165, 1.54) is 0 Å². The zero-order valence-corrected chi connectivity index (χ0v) is 10.4. The van der Waals surface area contributed by atoms with Crippen LogP contribution in [0.2, 0.25) is 0 Å². The summed E-state index contributed by atoms with van der Waals surface area (Å²) < 4.78 is -0.448. The Morgan fingerprint density at radius 3 is 1.78 bits per heavy atom. The van der Waals surface area contributed by atoms with Gasteiger partial charge < -0.3 is 9.85 Å². The Bertz CT molecular complexity index is 527. The fraction of sp³-hybridized carbons (Fsp3) is 0.143. The van der Waals surface area contributed by atoms with Gasteiger partial charge in [-0.2, -0.15) is 10.2 Å². The molecule has 2 aromatic carbocycles. The van der Waals surface area contributed by atoms with E-state index in [1.807, 2.05) is 30.3 Å². The minimum atomic E-state index is -0.448. The fourth-order valence-electron chi connectivity index (χ4n) is 1.49. The number of hydrogen-bond acceptors (Lipinski definition) is 3. The molecule has 2 aromatic rings. The van der Waals surface area contributed by atoms with Gasteiger partial charge in [-0.15, -0.1) is 0 Å². The van der Waals surface area contributed by atoms with Crippen molar-refractivity contribution in [2.75, 3.05) is 14.1 Å². The van der Waals surface area contributed by atoms with Crippen molar-refractivity contribution in [2.45, 2.75) is 0 Å². The van der Waals surface area contributed by atoms with Gasteiger partial charge in [-0.3, -0.25) is 0 Å². The maximum Gasteiger partial charge on any atom is 0.132 e. The third-order valence-corrected chi connectivity index (χ3v) is 2.51. The van der Waals surface area contributed by atoms with E-state index in [-0.39, 0.29) is 0 Å². The summed E-state index contributed by atoms with van der Waals surface area (Å²) in [4.78, 5) is 0. The van der Waals surface area contributed by atoms with E-state index >= 15 is 0 Å². The van der Waals surface area contributed by atoms with Crippen LogP contribution in [0.15, 0.2) is 64.8 Å². The largest absolute Gasteiger partial charge is 0.628 e. The lowest BCUT2D eigenvalue weighted by atomic mass is 10.3. The highest BCUT2D eigenvalue weighted by Crippen LogP contribution is 2.23. The van der Waals surface area contributed by atoms with Crippen LogP contribution in [-0.4, -0.2) is 14.1 Å². The molecule has 0 aliphatic heterocycles. The lowest BCUT2D eigenvalue weighted by Gasteiger charge is -2.32. The fourth-order valence-corrected chi connectivity index (χ4v) is 1.49. The molecule has 0 bridgehead atoms. The summed E-state index contributed by atoms with van der Waals surface area (Å²) in [6.45, 7) is 0. The summed E-state index contributed by atoms with van der Waals surface area (Å²) in [5.41, 5.74) is 2.23. The van der Waals surface area contributed by atoms with Crippen molar-refractivity contribution in [3.05, 3.63) is 59.8 Å². The Hall–Kier alpha value is -2.04. The number of hydroxylamine groups is 2. The predicted octanol–water partition coefficient (Wildman–Crippen LogP) is 4.17. The van der Waals surface area contributed by atoms with E-state index in [0.717, 1.165) is 11.4 Å². The van der Waals surface area contributed by atoms with Crippen LogP contribution in [0.1, 0.15) is 0 Å². The van der Waals surface area contributed by atoms with E-state index in [4.69, 9.17) is 0 Å². The molecule has 0 aromatic heterocycles. The smallest absolute Gasteiger partial charge is 0.132 e. The summed E-state index contributed by atoms with van der Waals surface area (Å²) in [5.74, 6) is 0. The first-order valence-electron chi connectivity index (χ1n) is 5.68. The molecule has 0 spiro atoms. The molecule has 4 heteroatoms. The number of benzene rings is 2. The van der Waals surface area contributed by atoms with Gasteiger partial charge in [0.2, 0.25) is 0 Å². The van der Waals surface area contributed by atoms with Crippen LogP contribution in [0.4, 0.5) is 17.1 Å². The van der Waals surface area contributed by atoms with Crippen LogP contribution >= 0.6 is 0 Å². The van der Waals surface area contributed by atoms with Gasteiger partial charge in [0.1, 0.15) is 5.69 Å². The highest BCUT2D eigenvalue weighted by Gasteiger charge is 2.06. The lowest BCUT2D eigenvalue weighted by molar-refractivity contribution is 0.543. The molecule has 0 amide bonds. The Morgan fingerprint density at radius 2 is 1.28 bits per heavy atom. The monoisotopic (exact) mass is 241 g/mol. The van der Waals surface area contributed by atoms with E-state index in [9.17, 15) is 5.21 Å². The second-order valence-electron chi connectivity index (χ2n) is 4.40. The molecule has 18 heavy (non-hydrogen) atoms. The molecule has 0 unspecified atom stereocenters. The van der Waals surface area contributed by atoms with E-state index in [2.05, 4.69) is 10.2 Å². The zero-order chi connectivity index (χ0) is 13.0. The van der Waals surface area contributed by atoms with Crippen LogP contribution in [0, 0.1) is 5.21 Å². The van der Waals surface area contributed by atoms with Crippen LogP contribution < -0.4 is 4.65 Å². The van der Waals surface area contributed by atoms with Gasteiger partial charge in [0.15, 0.2) is 0 Å². The zero-order valence-electron chi connectivity index (χ0n) is 10.4. The van der Waals surface area contributed by atoms with Gasteiger partial charge in [-0.25, -0.2) is 0 Å². The molecule has 0 atom stereocenters. The van der Waals surface area contributed by atoms with Crippen LogP contribution in [0.25, 0.3) is 0 Å².